The van der Waals surface area contributed by atoms with Gasteiger partial charge in [0.15, 0.2) is 11.5 Å². The molecule has 220 valence electrons. The number of ether oxygens (including phenoxy) is 2. The normalized spacial score (nSPS) is 15.4. The van der Waals surface area contributed by atoms with Gasteiger partial charge in [0.1, 0.15) is 18.1 Å². The van der Waals surface area contributed by atoms with Crippen molar-refractivity contribution in [3.8, 4) is 11.5 Å². The van der Waals surface area contributed by atoms with Gasteiger partial charge in [-0.15, -0.1) is 5.10 Å². The monoisotopic (exact) mass is 571 g/mol. The molecule has 1 aliphatic rings. The number of para-hydroxylation sites is 1. The molecule has 10 nitrogen and oxygen atoms in total. The maximum absolute atomic E-state index is 14.2. The number of phenolic OH excluding ortho intramolecular Hbond substituents is 1. The van der Waals surface area contributed by atoms with E-state index in [4.69, 9.17) is 9.47 Å². The summed E-state index contributed by atoms with van der Waals surface area (Å²) >= 11 is 0. The van der Waals surface area contributed by atoms with Crippen LogP contribution in [0.3, 0.4) is 0 Å². The molecule has 2 N–H and O–H groups in total. The lowest BCUT2D eigenvalue weighted by Crippen LogP contribution is -2.47. The van der Waals surface area contributed by atoms with Crippen LogP contribution in [-0.4, -0.2) is 69.2 Å². The summed E-state index contributed by atoms with van der Waals surface area (Å²) in [5.74, 6) is -0.408. The standard InChI is InChI=1S/C32H37N5O5/c1-3-41-29-19-24(14-15-28(29)38)31(32(40)33-20-25-11-8-18-42-25)36(17-16-23-10-5-4-9-22(23)2)30(39)21-37-27-13-7-6-12-26(27)34-35-37/h4-7,9-10,12-15,19,25,31,38H,3,8,11,16-18,20-21H2,1-2H3,(H,33,40)/t25-,31+/m0/s1. The van der Waals surface area contributed by atoms with Gasteiger partial charge in [0.2, 0.25) is 11.8 Å². The van der Waals surface area contributed by atoms with E-state index in [1.807, 2.05) is 62.4 Å². The molecule has 1 fully saturated rings. The van der Waals surface area contributed by atoms with Crippen molar-refractivity contribution < 1.29 is 24.2 Å². The molecule has 0 radical (unpaired) electrons. The third-order valence-corrected chi connectivity index (χ3v) is 7.60. The van der Waals surface area contributed by atoms with Crippen molar-refractivity contribution in [2.24, 2.45) is 0 Å². The molecule has 5 rings (SSSR count). The Balaban J connectivity index is 1.51. The SMILES string of the molecule is CCOc1cc([C@H](C(=O)NC[C@@H]2CCCO2)N(CCc2ccccc2C)C(=O)Cn2nnc3ccccc32)ccc1O. The van der Waals surface area contributed by atoms with Crippen molar-refractivity contribution in [1.29, 1.82) is 0 Å². The van der Waals surface area contributed by atoms with Crippen LogP contribution in [0.2, 0.25) is 0 Å². The van der Waals surface area contributed by atoms with Crippen LogP contribution in [-0.2, 0) is 27.3 Å². The molecular weight excluding hydrogens is 534 g/mol. The Bertz CT molecular complexity index is 1530. The van der Waals surface area contributed by atoms with Crippen LogP contribution < -0.4 is 10.1 Å². The Morgan fingerprint density at radius 1 is 1.17 bits per heavy atom. The molecule has 0 bridgehead atoms. The van der Waals surface area contributed by atoms with E-state index < -0.39 is 6.04 Å². The lowest BCUT2D eigenvalue weighted by molar-refractivity contribution is -0.141. The van der Waals surface area contributed by atoms with Gasteiger partial charge in [0.05, 0.1) is 18.2 Å². The van der Waals surface area contributed by atoms with Gasteiger partial charge in [0.25, 0.3) is 0 Å². The zero-order chi connectivity index (χ0) is 29.5. The molecule has 2 amide bonds. The Kier molecular flexibility index (Phi) is 9.33. The Morgan fingerprint density at radius 3 is 2.76 bits per heavy atom. The average Bonchev–Trinajstić information content (AvgIpc) is 3.67. The van der Waals surface area contributed by atoms with Crippen molar-refractivity contribution in [1.82, 2.24) is 25.2 Å². The fourth-order valence-corrected chi connectivity index (χ4v) is 5.34. The first-order chi connectivity index (χ1) is 20.4. The highest BCUT2D eigenvalue weighted by Crippen LogP contribution is 2.32. The predicted molar refractivity (Wildman–Crippen MR) is 158 cm³/mol. The fourth-order valence-electron chi connectivity index (χ4n) is 5.34. The van der Waals surface area contributed by atoms with E-state index in [0.717, 1.165) is 29.5 Å². The van der Waals surface area contributed by atoms with Crippen molar-refractivity contribution in [2.45, 2.75) is 51.8 Å². The van der Waals surface area contributed by atoms with Crippen molar-refractivity contribution in [3.63, 3.8) is 0 Å². The minimum Gasteiger partial charge on any atom is -0.504 e. The maximum Gasteiger partial charge on any atom is 0.247 e. The molecule has 10 heteroatoms. The molecule has 1 saturated heterocycles. The van der Waals surface area contributed by atoms with Crippen molar-refractivity contribution >= 4 is 22.8 Å². The first-order valence-electron chi connectivity index (χ1n) is 14.4. The maximum atomic E-state index is 14.2. The van der Waals surface area contributed by atoms with Crippen LogP contribution in [0.5, 0.6) is 11.5 Å². The summed E-state index contributed by atoms with van der Waals surface area (Å²) in [6.07, 6.45) is 2.30. The molecule has 3 aromatic carbocycles. The highest BCUT2D eigenvalue weighted by atomic mass is 16.5. The van der Waals surface area contributed by atoms with Gasteiger partial charge in [-0.05, 0) is 74.1 Å². The summed E-state index contributed by atoms with van der Waals surface area (Å²) in [6, 6.07) is 19.2. The summed E-state index contributed by atoms with van der Waals surface area (Å²) in [6.45, 7) is 5.38. The van der Waals surface area contributed by atoms with Gasteiger partial charge in [-0.1, -0.05) is 47.7 Å². The second kappa shape index (κ2) is 13.5. The summed E-state index contributed by atoms with van der Waals surface area (Å²) in [7, 11) is 0. The molecule has 0 aliphatic carbocycles. The number of nitrogens with zero attached hydrogens (tertiary/aromatic N) is 4. The summed E-state index contributed by atoms with van der Waals surface area (Å²) < 4.78 is 12.9. The molecule has 42 heavy (non-hydrogen) atoms. The molecule has 0 spiro atoms. The number of amides is 2. The zero-order valence-electron chi connectivity index (χ0n) is 24.0. The first-order valence-corrected chi connectivity index (χ1v) is 14.4. The number of aryl methyl sites for hydroxylation is 1. The lowest BCUT2D eigenvalue weighted by atomic mass is 10.0. The first kappa shape index (κ1) is 29.1. The molecule has 2 heterocycles. The Hall–Kier alpha value is -4.44. The summed E-state index contributed by atoms with van der Waals surface area (Å²) in [5.41, 5.74) is 4.13. The molecule has 2 atom stereocenters. The molecular formula is C32H37N5O5. The van der Waals surface area contributed by atoms with Gasteiger partial charge in [-0.3, -0.25) is 9.59 Å². The van der Waals surface area contributed by atoms with E-state index in [1.54, 1.807) is 21.7 Å². The number of phenols is 1. The number of aromatic hydroxyl groups is 1. The van der Waals surface area contributed by atoms with E-state index in [1.165, 1.54) is 6.07 Å². The Morgan fingerprint density at radius 2 is 1.98 bits per heavy atom. The second-order valence-electron chi connectivity index (χ2n) is 10.4. The van der Waals surface area contributed by atoms with Crippen LogP contribution in [0.15, 0.2) is 66.7 Å². The number of carbonyl (C=O) groups is 2. The number of hydrogen-bond acceptors (Lipinski definition) is 7. The molecule has 4 aromatic rings. The third-order valence-electron chi connectivity index (χ3n) is 7.60. The van der Waals surface area contributed by atoms with Gasteiger partial charge < -0.3 is 24.8 Å². The van der Waals surface area contributed by atoms with Gasteiger partial charge >= 0.3 is 0 Å². The quantitative estimate of drug-likeness (QED) is 0.264. The zero-order valence-corrected chi connectivity index (χ0v) is 24.0. The van der Waals surface area contributed by atoms with Crippen molar-refractivity contribution in [3.05, 3.63) is 83.4 Å². The van der Waals surface area contributed by atoms with E-state index >= 15 is 0 Å². The van der Waals surface area contributed by atoms with Crippen LogP contribution in [0, 0.1) is 6.92 Å². The van der Waals surface area contributed by atoms with Gasteiger partial charge in [-0.25, -0.2) is 4.68 Å². The number of rotatable bonds is 12. The number of fused-ring (bicyclic) bond motifs is 1. The fraction of sp³-hybridized carbons (Fsp3) is 0.375. The average molecular weight is 572 g/mol. The smallest absolute Gasteiger partial charge is 0.247 e. The summed E-state index contributed by atoms with van der Waals surface area (Å²) in [4.78, 5) is 29.8. The van der Waals surface area contributed by atoms with Crippen molar-refractivity contribution in [2.75, 3.05) is 26.3 Å². The van der Waals surface area contributed by atoms with E-state index in [0.29, 0.717) is 37.3 Å². The number of hydrogen-bond donors (Lipinski definition) is 2. The largest absolute Gasteiger partial charge is 0.504 e. The van der Waals surface area contributed by atoms with E-state index in [9.17, 15) is 14.7 Å². The minimum atomic E-state index is -0.988. The number of nitrogens with one attached hydrogen (secondary N) is 1. The number of aromatic nitrogens is 3. The predicted octanol–water partition coefficient (Wildman–Crippen LogP) is 3.95. The highest BCUT2D eigenvalue weighted by molar-refractivity contribution is 5.89. The second-order valence-corrected chi connectivity index (χ2v) is 10.4. The molecule has 1 aromatic heterocycles. The van der Waals surface area contributed by atoms with Crippen LogP contribution in [0.4, 0.5) is 0 Å². The third kappa shape index (κ3) is 6.71. The number of carbonyl (C=O) groups excluding carboxylic acids is 2. The summed E-state index contributed by atoms with van der Waals surface area (Å²) in [5, 5.41) is 21.8. The highest BCUT2D eigenvalue weighted by Gasteiger charge is 2.33. The van der Waals surface area contributed by atoms with Gasteiger partial charge in [-0.2, -0.15) is 0 Å². The number of benzene rings is 3. The lowest BCUT2D eigenvalue weighted by Gasteiger charge is -2.32. The van der Waals surface area contributed by atoms with Gasteiger partial charge in [0, 0.05) is 19.7 Å². The van der Waals surface area contributed by atoms with Crippen LogP contribution >= 0.6 is 0 Å². The van der Waals surface area contributed by atoms with Crippen LogP contribution in [0.1, 0.15) is 42.5 Å². The molecule has 0 unspecified atom stereocenters. The minimum absolute atomic E-state index is 0.0361. The van der Waals surface area contributed by atoms with Crippen LogP contribution in [0.25, 0.3) is 11.0 Å². The van der Waals surface area contributed by atoms with E-state index in [-0.39, 0.29) is 42.5 Å². The molecule has 0 saturated carbocycles. The Labute approximate surface area is 245 Å². The topological polar surface area (TPSA) is 119 Å². The molecule has 1 aliphatic heterocycles. The van der Waals surface area contributed by atoms with E-state index in [2.05, 4.69) is 15.6 Å².